The molecule has 4 rings (SSSR count). The fourth-order valence-electron chi connectivity index (χ4n) is 4.00. The highest BCUT2D eigenvalue weighted by atomic mass is 16.6. The second-order valence-electron chi connectivity index (χ2n) is 7.38. The van der Waals surface area contributed by atoms with E-state index in [0.29, 0.717) is 19.6 Å². The van der Waals surface area contributed by atoms with Gasteiger partial charge < -0.3 is 14.4 Å². The Kier molecular flexibility index (Phi) is 5.31. The van der Waals surface area contributed by atoms with Gasteiger partial charge in [-0.25, -0.2) is 9.48 Å². The molecule has 28 heavy (non-hydrogen) atoms. The second kappa shape index (κ2) is 7.88. The summed E-state index contributed by atoms with van der Waals surface area (Å²) in [6, 6.07) is 2.63. The van der Waals surface area contributed by atoms with E-state index in [0.717, 1.165) is 44.0 Å². The Balaban J connectivity index is 1.34. The number of carbonyl (C=O) groups is 2. The van der Waals surface area contributed by atoms with Gasteiger partial charge >= 0.3 is 6.09 Å². The van der Waals surface area contributed by atoms with Crippen LogP contribution in [0.5, 0.6) is 0 Å². The topological polar surface area (TPSA) is 97.2 Å². The largest absolute Gasteiger partial charge is 0.442 e. The van der Waals surface area contributed by atoms with E-state index in [1.54, 1.807) is 9.80 Å². The molecular weight excluding hydrogens is 366 g/mol. The van der Waals surface area contributed by atoms with Crippen molar-refractivity contribution in [3.05, 3.63) is 28.2 Å². The normalized spacial score (nSPS) is 25.1. The van der Waals surface area contributed by atoms with Crippen molar-refractivity contribution in [2.75, 3.05) is 52.5 Å². The summed E-state index contributed by atoms with van der Waals surface area (Å²) in [5, 5.41) is 4.02. The molecule has 0 bridgehead atoms. The summed E-state index contributed by atoms with van der Waals surface area (Å²) in [6.07, 6.45) is 0.242. The van der Waals surface area contributed by atoms with Crippen LogP contribution in [0.4, 0.5) is 4.79 Å². The molecule has 0 N–H and O–H groups in total. The maximum Gasteiger partial charge on any atom is 0.410 e. The van der Waals surface area contributed by atoms with Crippen LogP contribution in [0, 0.1) is 0 Å². The molecule has 10 nitrogen and oxygen atoms in total. The van der Waals surface area contributed by atoms with Crippen molar-refractivity contribution >= 4 is 12.0 Å². The first-order valence-electron chi connectivity index (χ1n) is 9.64. The highest BCUT2D eigenvalue weighted by Crippen LogP contribution is 2.27. The van der Waals surface area contributed by atoms with Crippen molar-refractivity contribution in [1.29, 1.82) is 0 Å². The molecule has 1 aromatic rings. The number of aromatic nitrogens is 2. The lowest BCUT2D eigenvalue weighted by Crippen LogP contribution is -2.42. The Morgan fingerprint density at radius 3 is 2.71 bits per heavy atom. The van der Waals surface area contributed by atoms with Crippen LogP contribution in [0.1, 0.15) is 16.9 Å². The zero-order valence-corrected chi connectivity index (χ0v) is 16.0. The van der Waals surface area contributed by atoms with Gasteiger partial charge in [-0.2, -0.15) is 5.10 Å². The summed E-state index contributed by atoms with van der Waals surface area (Å²) in [5.41, 5.74) is -0.0533. The van der Waals surface area contributed by atoms with Gasteiger partial charge in [0.2, 0.25) is 0 Å². The Hall–Kier alpha value is -2.46. The fourth-order valence-corrected chi connectivity index (χ4v) is 4.00. The first-order valence-corrected chi connectivity index (χ1v) is 9.64. The highest BCUT2D eigenvalue weighted by Gasteiger charge is 2.48. The van der Waals surface area contributed by atoms with Crippen molar-refractivity contribution in [3.8, 4) is 0 Å². The third-order valence-corrected chi connectivity index (χ3v) is 5.57. The molecule has 0 radical (unpaired) electrons. The molecule has 152 valence electrons. The number of amides is 2. The van der Waals surface area contributed by atoms with Gasteiger partial charge in [-0.3, -0.25) is 19.4 Å². The monoisotopic (exact) mass is 391 g/mol. The van der Waals surface area contributed by atoms with E-state index in [2.05, 4.69) is 10.00 Å². The minimum absolute atomic E-state index is 0.131. The van der Waals surface area contributed by atoms with Crippen molar-refractivity contribution in [2.24, 2.45) is 7.05 Å². The van der Waals surface area contributed by atoms with E-state index in [9.17, 15) is 14.4 Å². The predicted octanol–water partition coefficient (Wildman–Crippen LogP) is -0.852. The molecule has 0 spiro atoms. The van der Waals surface area contributed by atoms with E-state index in [4.69, 9.17) is 9.47 Å². The molecule has 0 aliphatic carbocycles. The average molecular weight is 391 g/mol. The van der Waals surface area contributed by atoms with Gasteiger partial charge in [0.1, 0.15) is 11.8 Å². The standard InChI is InChI=1S/C18H25N5O5/c1-20-16(24)4-3-13(19-20)17(25)22-11-14-15(12-22)28-18(26)23(14)6-2-5-21-7-9-27-10-8-21/h3-4,14-15H,2,5-12H2,1H3/t14-,15+/m0/s1. The minimum atomic E-state index is -0.313. The predicted molar refractivity (Wildman–Crippen MR) is 98.0 cm³/mol. The number of hydrogen-bond acceptors (Lipinski definition) is 7. The summed E-state index contributed by atoms with van der Waals surface area (Å²) in [6.45, 7) is 5.64. The molecule has 0 aromatic carbocycles. The van der Waals surface area contributed by atoms with Crippen molar-refractivity contribution in [2.45, 2.75) is 18.6 Å². The van der Waals surface area contributed by atoms with E-state index in [1.165, 1.54) is 19.2 Å². The third kappa shape index (κ3) is 3.74. The molecule has 4 heterocycles. The van der Waals surface area contributed by atoms with Gasteiger partial charge in [0, 0.05) is 45.8 Å². The van der Waals surface area contributed by atoms with Crippen LogP contribution in [0.25, 0.3) is 0 Å². The first-order chi connectivity index (χ1) is 13.5. The lowest BCUT2D eigenvalue weighted by Gasteiger charge is -2.28. The molecule has 2 amide bonds. The number of morpholine rings is 1. The molecule has 10 heteroatoms. The van der Waals surface area contributed by atoms with E-state index < -0.39 is 0 Å². The van der Waals surface area contributed by atoms with Gasteiger partial charge in [-0.05, 0) is 12.5 Å². The van der Waals surface area contributed by atoms with E-state index in [-0.39, 0.29) is 35.4 Å². The van der Waals surface area contributed by atoms with Crippen molar-refractivity contribution in [1.82, 2.24) is 24.5 Å². The Morgan fingerprint density at radius 2 is 1.96 bits per heavy atom. The molecule has 3 fully saturated rings. The minimum Gasteiger partial charge on any atom is -0.442 e. The summed E-state index contributed by atoms with van der Waals surface area (Å²) in [7, 11) is 1.51. The quantitative estimate of drug-likeness (QED) is 0.645. The molecule has 2 atom stereocenters. The number of carbonyl (C=O) groups excluding carboxylic acids is 2. The maximum atomic E-state index is 12.7. The van der Waals surface area contributed by atoms with Gasteiger partial charge in [0.25, 0.3) is 11.5 Å². The van der Waals surface area contributed by atoms with E-state index >= 15 is 0 Å². The molecular formula is C18H25N5O5. The first kappa shape index (κ1) is 18.9. The van der Waals surface area contributed by atoms with Gasteiger partial charge in [0.05, 0.1) is 25.8 Å². The number of fused-ring (bicyclic) bond motifs is 1. The molecule has 3 aliphatic heterocycles. The van der Waals surface area contributed by atoms with Gasteiger partial charge in [-0.15, -0.1) is 0 Å². The van der Waals surface area contributed by atoms with Crippen LogP contribution in [0.3, 0.4) is 0 Å². The number of aryl methyl sites for hydroxylation is 1. The second-order valence-corrected chi connectivity index (χ2v) is 7.38. The molecule has 1 aromatic heterocycles. The molecule has 3 aliphatic rings. The lowest BCUT2D eigenvalue weighted by atomic mass is 10.2. The fraction of sp³-hybridized carbons (Fsp3) is 0.667. The van der Waals surface area contributed by atoms with Crippen LogP contribution >= 0.6 is 0 Å². The Morgan fingerprint density at radius 1 is 1.18 bits per heavy atom. The number of hydrogen-bond donors (Lipinski definition) is 0. The molecule has 0 saturated carbocycles. The Bertz CT molecular complexity index is 806. The van der Waals surface area contributed by atoms with E-state index in [1.807, 2.05) is 0 Å². The van der Waals surface area contributed by atoms with Crippen molar-refractivity contribution < 1.29 is 19.1 Å². The average Bonchev–Trinajstić information content (AvgIpc) is 3.22. The van der Waals surface area contributed by atoms with Crippen LogP contribution in [0.15, 0.2) is 16.9 Å². The van der Waals surface area contributed by atoms with Crippen LogP contribution in [-0.4, -0.2) is 101 Å². The number of rotatable bonds is 5. The Labute approximate surface area is 162 Å². The highest BCUT2D eigenvalue weighted by molar-refractivity contribution is 5.92. The van der Waals surface area contributed by atoms with Crippen LogP contribution in [-0.2, 0) is 16.5 Å². The third-order valence-electron chi connectivity index (χ3n) is 5.57. The lowest BCUT2D eigenvalue weighted by molar-refractivity contribution is 0.0362. The smallest absolute Gasteiger partial charge is 0.410 e. The van der Waals surface area contributed by atoms with Gasteiger partial charge in [0.15, 0.2) is 0 Å². The SMILES string of the molecule is Cn1nc(C(=O)N2C[C@H]3OC(=O)N(CCCN4CCOCC4)[C@H]3C2)ccc1=O. The summed E-state index contributed by atoms with van der Waals surface area (Å²) < 4.78 is 12.0. The summed E-state index contributed by atoms with van der Waals surface area (Å²) in [5.74, 6) is -0.255. The number of likely N-dealkylation sites (tertiary alicyclic amines) is 1. The van der Waals surface area contributed by atoms with Crippen molar-refractivity contribution in [3.63, 3.8) is 0 Å². The summed E-state index contributed by atoms with van der Waals surface area (Å²) in [4.78, 5) is 42.1. The maximum absolute atomic E-state index is 12.7. The zero-order valence-electron chi connectivity index (χ0n) is 16.0. The van der Waals surface area contributed by atoms with Crippen LogP contribution in [0.2, 0.25) is 0 Å². The summed E-state index contributed by atoms with van der Waals surface area (Å²) >= 11 is 0. The van der Waals surface area contributed by atoms with Crippen LogP contribution < -0.4 is 5.56 Å². The zero-order chi connectivity index (χ0) is 19.7. The van der Waals surface area contributed by atoms with Gasteiger partial charge in [-0.1, -0.05) is 0 Å². The number of nitrogens with zero attached hydrogens (tertiary/aromatic N) is 5. The number of ether oxygens (including phenoxy) is 2. The molecule has 3 saturated heterocycles. The molecule has 0 unspecified atom stereocenters.